The van der Waals surface area contributed by atoms with Crippen molar-refractivity contribution in [3.63, 3.8) is 0 Å². The van der Waals surface area contributed by atoms with Gasteiger partial charge in [-0.05, 0) is 62.5 Å². The summed E-state index contributed by atoms with van der Waals surface area (Å²) in [5.74, 6) is 1.36. The number of nitrogens with zero attached hydrogens (tertiary/aromatic N) is 2. The molecule has 3 aromatic rings. The van der Waals surface area contributed by atoms with Crippen molar-refractivity contribution in [3.05, 3.63) is 65.5 Å². The van der Waals surface area contributed by atoms with Crippen molar-refractivity contribution < 1.29 is 4.42 Å². The number of benzene rings is 2. The summed E-state index contributed by atoms with van der Waals surface area (Å²) in [6.45, 7) is 5.47. The Morgan fingerprint density at radius 3 is 2.92 bits per heavy atom. The molecule has 2 aromatic carbocycles. The van der Waals surface area contributed by atoms with E-state index < -0.39 is 0 Å². The maximum Gasteiger partial charge on any atom is 0.199 e. The number of aryl methyl sites for hydroxylation is 2. The minimum absolute atomic E-state index is 0.439. The summed E-state index contributed by atoms with van der Waals surface area (Å²) in [5, 5.41) is 0. The van der Waals surface area contributed by atoms with Crippen LogP contribution in [0.4, 0.5) is 0 Å². The minimum atomic E-state index is 0.439. The van der Waals surface area contributed by atoms with Crippen LogP contribution in [0.1, 0.15) is 35.8 Å². The van der Waals surface area contributed by atoms with Crippen molar-refractivity contribution in [3.8, 4) is 0 Å². The molecule has 0 aliphatic carbocycles. The first-order chi connectivity index (χ1) is 11.8. The molecule has 124 valence electrons. The Balaban J connectivity index is 1.33. The van der Waals surface area contributed by atoms with E-state index in [4.69, 9.17) is 9.40 Å². The highest BCUT2D eigenvalue weighted by molar-refractivity contribution is 5.73. The molecule has 3 nitrogen and oxygen atoms in total. The lowest BCUT2D eigenvalue weighted by molar-refractivity contribution is 0.324. The highest BCUT2D eigenvalue weighted by Gasteiger charge is 2.27. The second kappa shape index (κ2) is 6.78. The van der Waals surface area contributed by atoms with Gasteiger partial charge in [0.15, 0.2) is 11.5 Å². The summed E-state index contributed by atoms with van der Waals surface area (Å²) in [6, 6.07) is 17.0. The van der Waals surface area contributed by atoms with Gasteiger partial charge in [-0.1, -0.05) is 36.4 Å². The first-order valence-electron chi connectivity index (χ1n) is 8.91. The zero-order chi connectivity index (χ0) is 16.4. The molecule has 3 heteroatoms. The van der Waals surface area contributed by atoms with Gasteiger partial charge in [-0.3, -0.25) is 0 Å². The molecule has 0 spiro atoms. The van der Waals surface area contributed by atoms with Crippen molar-refractivity contribution in [2.75, 3.05) is 19.6 Å². The van der Waals surface area contributed by atoms with E-state index >= 15 is 0 Å². The molecule has 2 heterocycles. The van der Waals surface area contributed by atoms with Gasteiger partial charge < -0.3 is 9.32 Å². The normalized spacial score (nSPS) is 18.5. The number of fused-ring (bicyclic) bond motifs is 1. The first-order valence-corrected chi connectivity index (χ1v) is 8.91. The lowest BCUT2D eigenvalue weighted by Gasteiger charge is -2.14. The van der Waals surface area contributed by atoms with Crippen LogP contribution in [0, 0.1) is 6.92 Å². The van der Waals surface area contributed by atoms with E-state index in [0.717, 1.165) is 49.5 Å². The Bertz CT molecular complexity index is 809. The van der Waals surface area contributed by atoms with Gasteiger partial charge in [-0.2, -0.15) is 0 Å². The molecular formula is C21H24N2O. The predicted molar refractivity (Wildman–Crippen MR) is 97.3 cm³/mol. The van der Waals surface area contributed by atoms with Gasteiger partial charge in [-0.15, -0.1) is 0 Å². The largest absolute Gasteiger partial charge is 0.440 e. The van der Waals surface area contributed by atoms with Gasteiger partial charge in [0.05, 0.1) is 0 Å². The molecule has 0 N–H and O–H groups in total. The van der Waals surface area contributed by atoms with Crippen molar-refractivity contribution in [1.82, 2.24) is 9.88 Å². The highest BCUT2D eigenvalue weighted by Crippen LogP contribution is 2.29. The van der Waals surface area contributed by atoms with Crippen LogP contribution < -0.4 is 0 Å². The fourth-order valence-electron chi connectivity index (χ4n) is 3.62. The third-order valence-corrected chi connectivity index (χ3v) is 4.96. The van der Waals surface area contributed by atoms with Gasteiger partial charge in [0.25, 0.3) is 0 Å². The maximum absolute atomic E-state index is 5.99. The Labute approximate surface area is 143 Å². The van der Waals surface area contributed by atoms with Crippen LogP contribution in [-0.2, 0) is 6.42 Å². The average Bonchev–Trinajstić information content (AvgIpc) is 3.22. The average molecular weight is 320 g/mol. The molecule has 0 unspecified atom stereocenters. The van der Waals surface area contributed by atoms with E-state index in [-0.39, 0.29) is 0 Å². The zero-order valence-electron chi connectivity index (χ0n) is 14.2. The van der Waals surface area contributed by atoms with E-state index in [9.17, 15) is 0 Å². The van der Waals surface area contributed by atoms with Crippen molar-refractivity contribution in [2.45, 2.75) is 32.1 Å². The van der Waals surface area contributed by atoms with Gasteiger partial charge in [0.2, 0.25) is 0 Å². The van der Waals surface area contributed by atoms with Crippen LogP contribution in [0.2, 0.25) is 0 Å². The summed E-state index contributed by atoms with van der Waals surface area (Å²) >= 11 is 0. The molecule has 1 aliphatic rings. The smallest absolute Gasteiger partial charge is 0.199 e. The van der Waals surface area contributed by atoms with Crippen molar-refractivity contribution >= 4 is 11.1 Å². The SMILES string of the molecule is Cc1ccc2oc([C@@H]3CCN(CCCc4ccccc4)C3)nc2c1. The molecule has 24 heavy (non-hydrogen) atoms. The van der Waals surface area contributed by atoms with Gasteiger partial charge in [-0.25, -0.2) is 4.98 Å². The summed E-state index contributed by atoms with van der Waals surface area (Å²) in [7, 11) is 0. The maximum atomic E-state index is 5.99. The fraction of sp³-hybridized carbons (Fsp3) is 0.381. The molecule has 1 saturated heterocycles. The molecule has 0 radical (unpaired) electrons. The van der Waals surface area contributed by atoms with Crippen LogP contribution >= 0.6 is 0 Å². The minimum Gasteiger partial charge on any atom is -0.440 e. The van der Waals surface area contributed by atoms with E-state index in [1.165, 1.54) is 17.5 Å². The molecule has 1 aliphatic heterocycles. The Morgan fingerprint density at radius 2 is 2.04 bits per heavy atom. The summed E-state index contributed by atoms with van der Waals surface area (Å²) in [5.41, 5.74) is 4.57. The number of hydrogen-bond acceptors (Lipinski definition) is 3. The highest BCUT2D eigenvalue weighted by atomic mass is 16.3. The van der Waals surface area contributed by atoms with Crippen molar-refractivity contribution in [1.29, 1.82) is 0 Å². The number of oxazole rings is 1. The Hall–Kier alpha value is -2.13. The van der Waals surface area contributed by atoms with Crippen LogP contribution in [0.25, 0.3) is 11.1 Å². The van der Waals surface area contributed by atoms with Crippen LogP contribution in [0.15, 0.2) is 52.9 Å². The topological polar surface area (TPSA) is 29.3 Å². The van der Waals surface area contributed by atoms with Crippen LogP contribution in [-0.4, -0.2) is 29.5 Å². The molecule has 4 rings (SSSR count). The number of rotatable bonds is 5. The molecule has 1 aromatic heterocycles. The van der Waals surface area contributed by atoms with Crippen molar-refractivity contribution in [2.24, 2.45) is 0 Å². The molecule has 1 atom stereocenters. The summed E-state index contributed by atoms with van der Waals surface area (Å²) in [6.07, 6.45) is 3.52. The van der Waals surface area contributed by atoms with E-state index in [0.29, 0.717) is 5.92 Å². The Kier molecular flexibility index (Phi) is 4.35. The van der Waals surface area contributed by atoms with E-state index in [1.54, 1.807) is 0 Å². The molecule has 1 fully saturated rings. The summed E-state index contributed by atoms with van der Waals surface area (Å²) in [4.78, 5) is 7.27. The van der Waals surface area contributed by atoms with Crippen LogP contribution in [0.3, 0.4) is 0 Å². The molecule has 0 bridgehead atoms. The molecule has 0 saturated carbocycles. The zero-order valence-corrected chi connectivity index (χ0v) is 14.2. The standard InChI is InChI=1S/C21H24N2O/c1-16-9-10-20-19(14-16)22-21(24-20)18-11-13-23(15-18)12-5-8-17-6-3-2-4-7-17/h2-4,6-7,9-10,14,18H,5,8,11-13,15H2,1H3/t18-/m1/s1. The van der Waals surface area contributed by atoms with E-state index in [1.807, 2.05) is 6.07 Å². The Morgan fingerprint density at radius 1 is 1.17 bits per heavy atom. The third kappa shape index (κ3) is 3.36. The van der Waals surface area contributed by atoms with Gasteiger partial charge in [0.1, 0.15) is 5.52 Å². The van der Waals surface area contributed by atoms with E-state index in [2.05, 4.69) is 54.3 Å². The fourth-order valence-corrected chi connectivity index (χ4v) is 3.62. The number of hydrogen-bond donors (Lipinski definition) is 0. The lowest BCUT2D eigenvalue weighted by Crippen LogP contribution is -2.22. The first kappa shape index (κ1) is 15.4. The summed E-state index contributed by atoms with van der Waals surface area (Å²) < 4.78 is 5.99. The van der Waals surface area contributed by atoms with Gasteiger partial charge in [0, 0.05) is 12.5 Å². The predicted octanol–water partition coefficient (Wildman–Crippen LogP) is 4.56. The number of likely N-dealkylation sites (tertiary alicyclic amines) is 1. The molecule has 0 amide bonds. The second-order valence-corrected chi connectivity index (χ2v) is 6.90. The third-order valence-electron chi connectivity index (χ3n) is 4.96. The quantitative estimate of drug-likeness (QED) is 0.690. The van der Waals surface area contributed by atoms with Gasteiger partial charge >= 0.3 is 0 Å². The monoisotopic (exact) mass is 320 g/mol. The second-order valence-electron chi connectivity index (χ2n) is 6.90. The molecular weight excluding hydrogens is 296 g/mol. The number of aromatic nitrogens is 1. The van der Waals surface area contributed by atoms with Crippen LogP contribution in [0.5, 0.6) is 0 Å². The lowest BCUT2D eigenvalue weighted by atomic mass is 10.1.